The summed E-state index contributed by atoms with van der Waals surface area (Å²) >= 11 is 1.40. The number of halogens is 1. The fraction of sp³-hybridized carbons (Fsp3) is 0.353. The lowest BCUT2D eigenvalue weighted by atomic mass is 9.84. The zero-order valence-corrected chi connectivity index (χ0v) is 14.3. The number of likely N-dealkylation sites (tertiary alicyclic amines) is 1. The number of nitrogens with zero attached hydrogens (tertiary/aromatic N) is 2. The van der Waals surface area contributed by atoms with Gasteiger partial charge in [0.1, 0.15) is 5.82 Å². The topological polar surface area (TPSA) is 62.3 Å². The standard InChI is InChI=1S/C17H18FN3O2S/c1-10-9-19-17(24-10)20-16(23)13-6-7-14(22)21(2)15(13)11-4-3-5-12(18)8-11/h3-5,8-9,13,15H,6-7H2,1-2H3,(H,19,20,23)/t13-,15-/m1/s1. The van der Waals surface area contributed by atoms with Crippen molar-refractivity contribution >= 4 is 28.3 Å². The van der Waals surface area contributed by atoms with Crippen LogP contribution >= 0.6 is 11.3 Å². The van der Waals surface area contributed by atoms with Crippen molar-refractivity contribution in [2.75, 3.05) is 12.4 Å². The average Bonchev–Trinajstić information content (AvgIpc) is 2.94. The number of nitrogens with one attached hydrogen (secondary N) is 1. The van der Waals surface area contributed by atoms with Crippen molar-refractivity contribution in [3.05, 3.63) is 46.7 Å². The second kappa shape index (κ2) is 6.68. The van der Waals surface area contributed by atoms with Gasteiger partial charge in [-0.3, -0.25) is 9.59 Å². The van der Waals surface area contributed by atoms with Gasteiger partial charge in [0.05, 0.1) is 12.0 Å². The Morgan fingerprint density at radius 1 is 1.46 bits per heavy atom. The Hall–Kier alpha value is -2.28. The molecule has 2 amide bonds. The number of piperidine rings is 1. The van der Waals surface area contributed by atoms with E-state index in [2.05, 4.69) is 10.3 Å². The lowest BCUT2D eigenvalue weighted by Gasteiger charge is -2.38. The molecule has 5 nitrogen and oxygen atoms in total. The van der Waals surface area contributed by atoms with Gasteiger partial charge in [0.2, 0.25) is 11.8 Å². The molecule has 24 heavy (non-hydrogen) atoms. The first-order chi connectivity index (χ1) is 11.5. The summed E-state index contributed by atoms with van der Waals surface area (Å²) < 4.78 is 13.6. The Morgan fingerprint density at radius 2 is 2.25 bits per heavy atom. The Morgan fingerprint density at radius 3 is 2.92 bits per heavy atom. The third-order valence-corrected chi connectivity index (χ3v) is 5.07. The number of thiazole rings is 1. The molecule has 1 N–H and O–H groups in total. The summed E-state index contributed by atoms with van der Waals surface area (Å²) in [5.74, 6) is -1.07. The van der Waals surface area contributed by atoms with Crippen LogP contribution in [0.3, 0.4) is 0 Å². The number of anilines is 1. The molecule has 0 radical (unpaired) electrons. The largest absolute Gasteiger partial charge is 0.338 e. The van der Waals surface area contributed by atoms with E-state index in [1.807, 2.05) is 6.92 Å². The molecule has 0 bridgehead atoms. The first-order valence-electron chi connectivity index (χ1n) is 7.70. The smallest absolute Gasteiger partial charge is 0.231 e. The molecule has 7 heteroatoms. The molecular weight excluding hydrogens is 329 g/mol. The summed E-state index contributed by atoms with van der Waals surface area (Å²) in [6.45, 7) is 1.91. The molecule has 3 rings (SSSR count). The van der Waals surface area contributed by atoms with Crippen LogP contribution in [0.1, 0.15) is 29.3 Å². The Kier molecular flexibility index (Phi) is 4.62. The fourth-order valence-corrected chi connectivity index (χ4v) is 3.74. The number of hydrogen-bond acceptors (Lipinski definition) is 4. The van der Waals surface area contributed by atoms with Gasteiger partial charge in [0.15, 0.2) is 5.13 Å². The van der Waals surface area contributed by atoms with Gasteiger partial charge in [0.25, 0.3) is 0 Å². The summed E-state index contributed by atoms with van der Waals surface area (Å²) in [7, 11) is 1.66. The molecule has 0 spiro atoms. The number of aryl methyl sites for hydroxylation is 1. The summed E-state index contributed by atoms with van der Waals surface area (Å²) in [5, 5.41) is 3.36. The van der Waals surface area contributed by atoms with Crippen LogP contribution in [0.5, 0.6) is 0 Å². The lowest BCUT2D eigenvalue weighted by molar-refractivity contribution is -0.140. The molecule has 1 aromatic heterocycles. The van der Waals surface area contributed by atoms with Crippen LogP contribution in [0.25, 0.3) is 0 Å². The van der Waals surface area contributed by atoms with Gasteiger partial charge in [-0.25, -0.2) is 9.37 Å². The van der Waals surface area contributed by atoms with Crippen molar-refractivity contribution < 1.29 is 14.0 Å². The molecule has 126 valence electrons. The number of aromatic nitrogens is 1. The van der Waals surface area contributed by atoms with Gasteiger partial charge < -0.3 is 10.2 Å². The molecule has 1 aliphatic rings. The average molecular weight is 347 g/mol. The van der Waals surface area contributed by atoms with E-state index in [0.29, 0.717) is 23.5 Å². The lowest BCUT2D eigenvalue weighted by Crippen LogP contribution is -2.44. The molecule has 2 aromatic rings. The SMILES string of the molecule is Cc1cnc(NC(=O)[C@@H]2CCC(=O)N(C)[C@@H]2c2cccc(F)c2)s1. The maximum atomic E-state index is 13.6. The number of benzene rings is 1. The van der Waals surface area contributed by atoms with Crippen molar-refractivity contribution in [2.24, 2.45) is 5.92 Å². The van der Waals surface area contributed by atoms with Crippen LogP contribution in [-0.4, -0.2) is 28.7 Å². The quantitative estimate of drug-likeness (QED) is 0.928. The molecule has 2 atom stereocenters. The molecule has 0 saturated carbocycles. The number of amides is 2. The highest BCUT2D eigenvalue weighted by Gasteiger charge is 2.39. The summed E-state index contributed by atoms with van der Waals surface area (Å²) in [6, 6.07) is 5.59. The summed E-state index contributed by atoms with van der Waals surface area (Å²) in [4.78, 5) is 31.5. The number of carbonyl (C=O) groups excluding carboxylic acids is 2. The van der Waals surface area contributed by atoms with E-state index in [1.165, 1.54) is 28.4 Å². The Bertz CT molecular complexity index is 777. The molecule has 0 unspecified atom stereocenters. The van der Waals surface area contributed by atoms with Gasteiger partial charge in [-0.15, -0.1) is 11.3 Å². The van der Waals surface area contributed by atoms with Crippen molar-refractivity contribution in [3.63, 3.8) is 0 Å². The van der Waals surface area contributed by atoms with Crippen molar-refractivity contribution in [3.8, 4) is 0 Å². The third-order valence-electron chi connectivity index (χ3n) is 4.24. The van der Waals surface area contributed by atoms with Crippen LogP contribution in [0.4, 0.5) is 9.52 Å². The second-order valence-corrected chi connectivity index (χ2v) is 7.15. The molecule has 2 heterocycles. The van der Waals surface area contributed by atoms with Crippen molar-refractivity contribution in [1.82, 2.24) is 9.88 Å². The minimum atomic E-state index is -0.483. The zero-order chi connectivity index (χ0) is 17.3. The van der Waals surface area contributed by atoms with Gasteiger partial charge in [-0.1, -0.05) is 12.1 Å². The van der Waals surface area contributed by atoms with Gasteiger partial charge in [0, 0.05) is 24.5 Å². The minimum Gasteiger partial charge on any atom is -0.338 e. The third kappa shape index (κ3) is 3.31. The first kappa shape index (κ1) is 16.6. The van der Waals surface area contributed by atoms with Crippen LogP contribution in [0.2, 0.25) is 0 Å². The maximum absolute atomic E-state index is 13.6. The zero-order valence-electron chi connectivity index (χ0n) is 13.5. The minimum absolute atomic E-state index is 0.0431. The summed E-state index contributed by atoms with van der Waals surface area (Å²) in [5.41, 5.74) is 0.626. The highest BCUT2D eigenvalue weighted by Crippen LogP contribution is 2.36. The van der Waals surface area contributed by atoms with Crippen LogP contribution < -0.4 is 5.32 Å². The van der Waals surface area contributed by atoms with E-state index in [0.717, 1.165) is 4.88 Å². The van der Waals surface area contributed by atoms with Gasteiger partial charge in [-0.2, -0.15) is 0 Å². The number of rotatable bonds is 3. The second-order valence-electron chi connectivity index (χ2n) is 5.91. The maximum Gasteiger partial charge on any atom is 0.231 e. The van der Waals surface area contributed by atoms with E-state index in [1.54, 1.807) is 25.4 Å². The van der Waals surface area contributed by atoms with Crippen LogP contribution in [0, 0.1) is 18.7 Å². The number of carbonyl (C=O) groups is 2. The molecular formula is C17H18FN3O2S. The highest BCUT2D eigenvalue weighted by atomic mass is 32.1. The van der Waals surface area contributed by atoms with Crippen molar-refractivity contribution in [2.45, 2.75) is 25.8 Å². The first-order valence-corrected chi connectivity index (χ1v) is 8.52. The molecule has 1 aliphatic heterocycles. The predicted molar refractivity (Wildman–Crippen MR) is 90.1 cm³/mol. The van der Waals surface area contributed by atoms with Crippen molar-refractivity contribution in [1.29, 1.82) is 0 Å². The van der Waals surface area contributed by atoms with E-state index in [9.17, 15) is 14.0 Å². The Labute approximate surface area is 143 Å². The molecule has 0 aliphatic carbocycles. The van der Waals surface area contributed by atoms with Gasteiger partial charge in [-0.05, 0) is 31.0 Å². The normalized spacial score (nSPS) is 21.0. The molecule has 1 fully saturated rings. The van der Waals surface area contributed by atoms with E-state index < -0.39 is 12.0 Å². The Balaban J connectivity index is 1.88. The summed E-state index contributed by atoms with van der Waals surface area (Å²) in [6.07, 6.45) is 2.43. The highest BCUT2D eigenvalue weighted by molar-refractivity contribution is 7.15. The van der Waals surface area contributed by atoms with Crippen LogP contribution in [-0.2, 0) is 9.59 Å². The van der Waals surface area contributed by atoms with E-state index in [-0.39, 0.29) is 17.6 Å². The van der Waals surface area contributed by atoms with E-state index >= 15 is 0 Å². The van der Waals surface area contributed by atoms with Gasteiger partial charge >= 0.3 is 0 Å². The van der Waals surface area contributed by atoms with E-state index in [4.69, 9.17) is 0 Å². The van der Waals surface area contributed by atoms with Crippen LogP contribution in [0.15, 0.2) is 30.5 Å². The predicted octanol–water partition coefficient (Wildman–Crippen LogP) is 3.14. The monoisotopic (exact) mass is 347 g/mol. The fourth-order valence-electron chi connectivity index (χ4n) is 3.07. The molecule has 1 aromatic carbocycles. The number of hydrogen-bond donors (Lipinski definition) is 1. The molecule has 1 saturated heterocycles.